The van der Waals surface area contributed by atoms with Crippen LogP contribution in [0, 0.1) is 17.0 Å². The molecule has 0 radical (unpaired) electrons. The number of hydrogen-bond donors (Lipinski definition) is 1. The van der Waals surface area contributed by atoms with Crippen LogP contribution in [-0.2, 0) is 11.2 Å². The summed E-state index contributed by atoms with van der Waals surface area (Å²) in [6, 6.07) is 11.8. The summed E-state index contributed by atoms with van der Waals surface area (Å²) in [4.78, 5) is 22.6. The maximum Gasteiger partial charge on any atom is 0.269 e. The van der Waals surface area contributed by atoms with Crippen molar-refractivity contribution >= 4 is 17.3 Å². The van der Waals surface area contributed by atoms with Gasteiger partial charge in [-0.2, -0.15) is 0 Å². The number of amides is 1. The molecule has 0 aromatic heterocycles. The number of fused-ring (bicyclic) bond motifs is 1. The van der Waals surface area contributed by atoms with E-state index in [9.17, 15) is 14.9 Å². The third kappa shape index (κ3) is 2.76. The predicted molar refractivity (Wildman–Crippen MR) is 81.0 cm³/mol. The van der Waals surface area contributed by atoms with E-state index in [-0.39, 0.29) is 11.6 Å². The molecule has 1 heterocycles. The first kappa shape index (κ1) is 14.1. The summed E-state index contributed by atoms with van der Waals surface area (Å²) >= 11 is 0. The van der Waals surface area contributed by atoms with Crippen LogP contribution >= 0.6 is 0 Å². The van der Waals surface area contributed by atoms with Crippen molar-refractivity contribution in [3.05, 3.63) is 63.7 Å². The highest BCUT2D eigenvalue weighted by Crippen LogP contribution is 2.32. The van der Waals surface area contributed by atoms with Gasteiger partial charge < -0.3 is 10.1 Å². The predicted octanol–water partition coefficient (Wildman–Crippen LogP) is 2.85. The van der Waals surface area contributed by atoms with Gasteiger partial charge in [-0.1, -0.05) is 12.1 Å². The van der Waals surface area contributed by atoms with Gasteiger partial charge in [0.15, 0.2) is 6.10 Å². The largest absolute Gasteiger partial charge is 0.480 e. The van der Waals surface area contributed by atoms with Gasteiger partial charge in [0.05, 0.1) is 4.92 Å². The van der Waals surface area contributed by atoms with E-state index in [0.717, 1.165) is 5.56 Å². The Morgan fingerprint density at radius 2 is 2.14 bits per heavy atom. The van der Waals surface area contributed by atoms with Gasteiger partial charge in [0, 0.05) is 29.8 Å². The molecule has 1 atom stereocenters. The Morgan fingerprint density at radius 1 is 1.32 bits per heavy atom. The lowest BCUT2D eigenvalue weighted by Gasteiger charge is -2.11. The molecule has 3 rings (SSSR count). The molecule has 1 N–H and O–H groups in total. The van der Waals surface area contributed by atoms with Crippen molar-refractivity contribution < 1.29 is 14.5 Å². The smallest absolute Gasteiger partial charge is 0.269 e. The number of nitrogens with zero attached hydrogens (tertiary/aromatic N) is 1. The lowest BCUT2D eigenvalue weighted by atomic mass is 10.1. The van der Waals surface area contributed by atoms with Crippen molar-refractivity contribution in [1.82, 2.24) is 0 Å². The second-order valence-corrected chi connectivity index (χ2v) is 5.22. The average molecular weight is 298 g/mol. The zero-order valence-electron chi connectivity index (χ0n) is 11.9. The van der Waals surface area contributed by atoms with E-state index in [0.29, 0.717) is 23.4 Å². The highest BCUT2D eigenvalue weighted by molar-refractivity contribution is 5.95. The minimum Gasteiger partial charge on any atom is -0.480 e. The number of aryl methyl sites for hydroxylation is 1. The van der Waals surface area contributed by atoms with Crippen molar-refractivity contribution in [3.63, 3.8) is 0 Å². The molecule has 0 saturated heterocycles. The number of ether oxygens (including phenoxy) is 1. The fourth-order valence-corrected chi connectivity index (χ4v) is 2.44. The molecular weight excluding hydrogens is 284 g/mol. The summed E-state index contributed by atoms with van der Waals surface area (Å²) in [5.41, 5.74) is 2.43. The second kappa shape index (κ2) is 5.48. The van der Waals surface area contributed by atoms with Crippen LogP contribution in [0.2, 0.25) is 0 Å². The topological polar surface area (TPSA) is 81.5 Å². The van der Waals surface area contributed by atoms with Crippen molar-refractivity contribution in [2.45, 2.75) is 19.4 Å². The van der Waals surface area contributed by atoms with Gasteiger partial charge in [-0.3, -0.25) is 14.9 Å². The summed E-state index contributed by atoms with van der Waals surface area (Å²) in [7, 11) is 0. The van der Waals surface area contributed by atoms with E-state index in [4.69, 9.17) is 4.74 Å². The Morgan fingerprint density at radius 3 is 2.86 bits per heavy atom. The maximum atomic E-state index is 12.2. The quantitative estimate of drug-likeness (QED) is 0.698. The molecule has 0 spiro atoms. The molecular formula is C16H14N2O4. The van der Waals surface area contributed by atoms with Crippen LogP contribution in [0.25, 0.3) is 0 Å². The zero-order valence-corrected chi connectivity index (χ0v) is 11.9. The Labute approximate surface area is 126 Å². The normalized spacial score (nSPS) is 15.8. The lowest BCUT2D eigenvalue weighted by Crippen LogP contribution is -2.31. The lowest BCUT2D eigenvalue weighted by molar-refractivity contribution is -0.384. The SMILES string of the molecule is Cc1cccc(NC(=O)C2Cc3cc([N+](=O)[O-])ccc3O2)c1. The third-order valence-corrected chi connectivity index (χ3v) is 3.51. The van der Waals surface area contributed by atoms with Crippen molar-refractivity contribution in [2.75, 3.05) is 5.32 Å². The van der Waals surface area contributed by atoms with Gasteiger partial charge in [-0.15, -0.1) is 0 Å². The zero-order chi connectivity index (χ0) is 15.7. The summed E-state index contributed by atoms with van der Waals surface area (Å²) < 4.78 is 5.57. The molecule has 2 aromatic carbocycles. The van der Waals surface area contributed by atoms with E-state index in [1.54, 1.807) is 6.07 Å². The number of nitro benzene ring substituents is 1. The Balaban J connectivity index is 1.72. The first-order valence-corrected chi connectivity index (χ1v) is 6.84. The highest BCUT2D eigenvalue weighted by Gasteiger charge is 2.30. The number of carbonyl (C=O) groups is 1. The number of non-ortho nitro benzene ring substituents is 1. The van der Waals surface area contributed by atoms with Crippen LogP contribution in [0.15, 0.2) is 42.5 Å². The molecule has 0 fully saturated rings. The van der Waals surface area contributed by atoms with E-state index < -0.39 is 11.0 Å². The highest BCUT2D eigenvalue weighted by atomic mass is 16.6. The molecule has 1 aliphatic rings. The second-order valence-electron chi connectivity index (χ2n) is 5.22. The number of benzene rings is 2. The Hall–Kier alpha value is -2.89. The first-order valence-electron chi connectivity index (χ1n) is 6.84. The summed E-state index contributed by atoms with van der Waals surface area (Å²) in [5.74, 6) is 0.263. The molecule has 1 unspecified atom stereocenters. The van der Waals surface area contributed by atoms with Gasteiger partial charge in [0.1, 0.15) is 5.75 Å². The molecule has 0 bridgehead atoms. The van der Waals surface area contributed by atoms with Crippen LogP contribution in [0.4, 0.5) is 11.4 Å². The molecule has 2 aromatic rings. The van der Waals surface area contributed by atoms with Crippen LogP contribution in [-0.4, -0.2) is 16.9 Å². The fourth-order valence-electron chi connectivity index (χ4n) is 2.44. The molecule has 6 heteroatoms. The molecule has 6 nitrogen and oxygen atoms in total. The van der Waals surface area contributed by atoms with Gasteiger partial charge in [0.25, 0.3) is 11.6 Å². The third-order valence-electron chi connectivity index (χ3n) is 3.51. The molecule has 112 valence electrons. The van der Waals surface area contributed by atoms with E-state index in [2.05, 4.69) is 5.32 Å². The van der Waals surface area contributed by atoms with Gasteiger partial charge in [-0.25, -0.2) is 0 Å². The van der Waals surface area contributed by atoms with Gasteiger partial charge >= 0.3 is 0 Å². The molecule has 22 heavy (non-hydrogen) atoms. The van der Waals surface area contributed by atoms with Crippen LogP contribution in [0.1, 0.15) is 11.1 Å². The molecule has 1 aliphatic heterocycles. The monoisotopic (exact) mass is 298 g/mol. The minimum absolute atomic E-state index is 0.00194. The van der Waals surface area contributed by atoms with Crippen molar-refractivity contribution in [1.29, 1.82) is 0 Å². The molecule has 1 amide bonds. The molecule has 0 aliphatic carbocycles. The van der Waals surface area contributed by atoms with Crippen LogP contribution < -0.4 is 10.1 Å². The maximum absolute atomic E-state index is 12.2. The average Bonchev–Trinajstić information content (AvgIpc) is 2.90. The van der Waals surface area contributed by atoms with E-state index in [1.165, 1.54) is 18.2 Å². The summed E-state index contributed by atoms with van der Waals surface area (Å²) in [5, 5.41) is 13.6. The number of anilines is 1. The van der Waals surface area contributed by atoms with Crippen molar-refractivity contribution in [2.24, 2.45) is 0 Å². The molecule has 0 saturated carbocycles. The van der Waals surface area contributed by atoms with E-state index in [1.807, 2.05) is 25.1 Å². The van der Waals surface area contributed by atoms with Gasteiger partial charge in [0.2, 0.25) is 0 Å². The Bertz CT molecular complexity index is 758. The number of hydrogen-bond acceptors (Lipinski definition) is 4. The van der Waals surface area contributed by atoms with Crippen LogP contribution in [0.3, 0.4) is 0 Å². The number of carbonyl (C=O) groups excluding carboxylic acids is 1. The van der Waals surface area contributed by atoms with Crippen molar-refractivity contribution in [3.8, 4) is 5.75 Å². The van der Waals surface area contributed by atoms with Crippen LogP contribution in [0.5, 0.6) is 5.75 Å². The number of nitro groups is 1. The first-order chi connectivity index (χ1) is 10.5. The number of rotatable bonds is 3. The number of nitrogens with one attached hydrogen (secondary N) is 1. The standard InChI is InChI=1S/C16H14N2O4/c1-10-3-2-4-12(7-10)17-16(19)15-9-11-8-13(18(20)21)5-6-14(11)22-15/h2-8,15H,9H2,1H3,(H,17,19). The summed E-state index contributed by atoms with van der Waals surface area (Å²) in [6.45, 7) is 1.94. The van der Waals surface area contributed by atoms with Gasteiger partial charge in [-0.05, 0) is 30.7 Å². The minimum atomic E-state index is -0.669. The fraction of sp³-hybridized carbons (Fsp3) is 0.188. The summed E-state index contributed by atoms with van der Waals surface area (Å²) in [6.07, 6.45) is -0.341. The van der Waals surface area contributed by atoms with E-state index >= 15 is 0 Å². The Kier molecular flexibility index (Phi) is 3.50.